The van der Waals surface area contributed by atoms with Crippen LogP contribution in [0.1, 0.15) is 29.0 Å². The third-order valence-corrected chi connectivity index (χ3v) is 5.65. The van der Waals surface area contributed by atoms with Gasteiger partial charge in [-0.25, -0.2) is 0 Å². The van der Waals surface area contributed by atoms with Crippen LogP contribution in [0.25, 0.3) is 0 Å². The summed E-state index contributed by atoms with van der Waals surface area (Å²) in [4.78, 5) is 40.3. The summed E-state index contributed by atoms with van der Waals surface area (Å²) >= 11 is 0. The Labute approximate surface area is 183 Å². The molecule has 2 aliphatic heterocycles. The molecule has 5 rings (SSSR count). The third kappa shape index (κ3) is 3.51. The van der Waals surface area contributed by atoms with Crippen molar-refractivity contribution in [3.8, 4) is 0 Å². The quantitative estimate of drug-likeness (QED) is 0.367. The van der Waals surface area contributed by atoms with Crippen LogP contribution in [0.15, 0.2) is 71.7 Å². The lowest BCUT2D eigenvalue weighted by atomic mass is 9.90. The fourth-order valence-corrected chi connectivity index (χ4v) is 4.12. The van der Waals surface area contributed by atoms with Gasteiger partial charge in [-0.1, -0.05) is 30.3 Å². The number of hydrogen-bond acceptors (Lipinski definition) is 5. The molecule has 8 heteroatoms. The molecule has 3 aromatic carbocycles. The molecule has 1 atom stereocenters. The fourth-order valence-electron chi connectivity index (χ4n) is 4.12. The Morgan fingerprint density at radius 1 is 0.938 bits per heavy atom. The summed E-state index contributed by atoms with van der Waals surface area (Å²) in [7, 11) is 0. The molecule has 32 heavy (non-hydrogen) atoms. The number of rotatable bonds is 4. The minimum absolute atomic E-state index is 0.0143. The van der Waals surface area contributed by atoms with E-state index in [0.717, 1.165) is 16.8 Å². The van der Waals surface area contributed by atoms with Crippen molar-refractivity contribution in [2.45, 2.75) is 18.8 Å². The maximum atomic E-state index is 13.0. The van der Waals surface area contributed by atoms with Gasteiger partial charge in [-0.3, -0.25) is 24.7 Å². The summed E-state index contributed by atoms with van der Waals surface area (Å²) in [6.07, 6.45) is 1.03. The normalized spacial score (nSPS) is 17.2. The lowest BCUT2D eigenvalue weighted by Crippen LogP contribution is -2.22. The highest BCUT2D eigenvalue weighted by molar-refractivity contribution is 6.24. The smallest absolute Gasteiger partial charge is 0.269 e. The highest BCUT2D eigenvalue weighted by Crippen LogP contribution is 2.38. The molecule has 2 aliphatic rings. The van der Waals surface area contributed by atoms with E-state index in [9.17, 15) is 19.7 Å². The number of nitro benzene ring substituents is 1. The Bertz CT molecular complexity index is 1300. The van der Waals surface area contributed by atoms with Crippen molar-refractivity contribution in [1.29, 1.82) is 0 Å². The molecule has 0 bridgehead atoms. The first kappa shape index (κ1) is 19.6. The van der Waals surface area contributed by atoms with Crippen LogP contribution >= 0.6 is 0 Å². The number of aliphatic imine (C=N–C) groups is 1. The van der Waals surface area contributed by atoms with Gasteiger partial charge in [0.1, 0.15) is 5.92 Å². The van der Waals surface area contributed by atoms with Crippen molar-refractivity contribution in [2.75, 3.05) is 10.6 Å². The number of hydrogen-bond donors (Lipinski definition) is 2. The van der Waals surface area contributed by atoms with Gasteiger partial charge in [-0.05, 0) is 41.8 Å². The average Bonchev–Trinajstić information content (AvgIpc) is 3.12. The van der Waals surface area contributed by atoms with E-state index in [1.54, 1.807) is 18.2 Å². The second-order valence-electron chi connectivity index (χ2n) is 7.70. The summed E-state index contributed by atoms with van der Waals surface area (Å²) in [5.74, 6) is -1.09. The molecule has 158 valence electrons. The molecule has 0 fully saturated rings. The standard InChI is InChI=1S/C24H18N4O4/c29-21-11-6-15-12-16(7-9-19(15)26-21)25-23(14-4-2-1-3-5-14)22-18-13-17(28(31)32)8-10-20(18)27-24(22)30/h1-5,7-10,12-13,22H,6,11H2,(H,26,29)(H,27,30). The van der Waals surface area contributed by atoms with E-state index >= 15 is 0 Å². The van der Waals surface area contributed by atoms with Gasteiger partial charge in [0.05, 0.1) is 16.3 Å². The van der Waals surface area contributed by atoms with Gasteiger partial charge >= 0.3 is 0 Å². The van der Waals surface area contributed by atoms with Crippen LogP contribution in [0.2, 0.25) is 0 Å². The zero-order valence-electron chi connectivity index (χ0n) is 16.9. The minimum atomic E-state index is -0.789. The number of carbonyl (C=O) groups excluding carboxylic acids is 2. The molecule has 0 spiro atoms. The van der Waals surface area contributed by atoms with Crippen LogP contribution < -0.4 is 10.6 Å². The Balaban J connectivity index is 1.64. The van der Waals surface area contributed by atoms with Crippen LogP contribution in [0.5, 0.6) is 0 Å². The first-order chi connectivity index (χ1) is 15.5. The zero-order valence-corrected chi connectivity index (χ0v) is 16.9. The Morgan fingerprint density at radius 3 is 2.50 bits per heavy atom. The third-order valence-electron chi connectivity index (χ3n) is 5.65. The number of fused-ring (bicyclic) bond motifs is 2. The SMILES string of the molecule is O=C1CCc2cc(N=C(c3ccccc3)C3C(=O)Nc4ccc([N+](=O)[O-])cc43)ccc2N1. The molecule has 1 unspecified atom stereocenters. The van der Waals surface area contributed by atoms with Crippen molar-refractivity contribution in [2.24, 2.45) is 4.99 Å². The molecule has 0 aromatic heterocycles. The molecule has 2 amide bonds. The first-order valence-electron chi connectivity index (χ1n) is 10.2. The Morgan fingerprint density at radius 2 is 1.72 bits per heavy atom. The van der Waals surface area contributed by atoms with E-state index in [-0.39, 0.29) is 17.5 Å². The van der Waals surface area contributed by atoms with Crippen LogP contribution in [0, 0.1) is 10.1 Å². The number of nitro groups is 1. The van der Waals surface area contributed by atoms with Crippen molar-refractivity contribution in [1.82, 2.24) is 0 Å². The Hall–Kier alpha value is -4.33. The monoisotopic (exact) mass is 426 g/mol. The van der Waals surface area contributed by atoms with Crippen LogP contribution in [-0.2, 0) is 16.0 Å². The highest BCUT2D eigenvalue weighted by Gasteiger charge is 2.36. The largest absolute Gasteiger partial charge is 0.326 e. The molecule has 3 aromatic rings. The van der Waals surface area contributed by atoms with Gasteiger partial charge in [0.15, 0.2) is 0 Å². The van der Waals surface area contributed by atoms with Gasteiger partial charge in [-0.2, -0.15) is 0 Å². The topological polar surface area (TPSA) is 114 Å². The van der Waals surface area contributed by atoms with Crippen molar-refractivity contribution in [3.05, 3.63) is 93.5 Å². The van der Waals surface area contributed by atoms with E-state index in [0.29, 0.717) is 35.5 Å². The molecule has 0 radical (unpaired) electrons. The summed E-state index contributed by atoms with van der Waals surface area (Å²) in [5.41, 5.74) is 4.62. The minimum Gasteiger partial charge on any atom is -0.326 e. The van der Waals surface area contributed by atoms with Crippen LogP contribution in [-0.4, -0.2) is 22.4 Å². The zero-order chi connectivity index (χ0) is 22.2. The molecule has 0 saturated heterocycles. The van der Waals surface area contributed by atoms with E-state index in [4.69, 9.17) is 4.99 Å². The van der Waals surface area contributed by atoms with E-state index < -0.39 is 10.8 Å². The first-order valence-corrected chi connectivity index (χ1v) is 10.2. The molecule has 2 N–H and O–H groups in total. The molecular weight excluding hydrogens is 408 g/mol. The fraction of sp³-hybridized carbons (Fsp3) is 0.125. The van der Waals surface area contributed by atoms with E-state index in [1.165, 1.54) is 12.1 Å². The van der Waals surface area contributed by atoms with Crippen molar-refractivity contribution in [3.63, 3.8) is 0 Å². The Kier molecular flexibility index (Phi) is 4.74. The lowest BCUT2D eigenvalue weighted by Gasteiger charge is -2.18. The molecule has 2 heterocycles. The van der Waals surface area contributed by atoms with Crippen molar-refractivity contribution >= 4 is 40.3 Å². The maximum absolute atomic E-state index is 13.0. The number of non-ortho nitro benzene ring substituents is 1. The predicted molar refractivity (Wildman–Crippen MR) is 120 cm³/mol. The number of nitrogens with zero attached hydrogens (tertiary/aromatic N) is 2. The van der Waals surface area contributed by atoms with Gasteiger partial charge in [-0.15, -0.1) is 0 Å². The molecule has 0 aliphatic carbocycles. The number of carbonyl (C=O) groups is 2. The van der Waals surface area contributed by atoms with Gasteiger partial charge in [0.25, 0.3) is 5.69 Å². The maximum Gasteiger partial charge on any atom is 0.269 e. The number of amides is 2. The second kappa shape index (κ2) is 7.73. The summed E-state index contributed by atoms with van der Waals surface area (Å²) in [6.45, 7) is 0. The highest BCUT2D eigenvalue weighted by atomic mass is 16.6. The molecule has 8 nitrogen and oxygen atoms in total. The number of anilines is 2. The summed E-state index contributed by atoms with van der Waals surface area (Å²) in [6, 6.07) is 19.2. The molecular formula is C24H18N4O4. The number of benzene rings is 3. The van der Waals surface area contributed by atoms with Crippen LogP contribution in [0.4, 0.5) is 22.7 Å². The van der Waals surface area contributed by atoms with E-state index in [2.05, 4.69) is 10.6 Å². The van der Waals surface area contributed by atoms with Gasteiger partial charge < -0.3 is 10.6 Å². The lowest BCUT2D eigenvalue weighted by molar-refractivity contribution is -0.384. The second-order valence-corrected chi connectivity index (χ2v) is 7.70. The van der Waals surface area contributed by atoms with Crippen LogP contribution in [0.3, 0.4) is 0 Å². The summed E-state index contributed by atoms with van der Waals surface area (Å²) < 4.78 is 0. The summed E-state index contributed by atoms with van der Waals surface area (Å²) in [5, 5.41) is 17.0. The molecule has 0 saturated carbocycles. The van der Waals surface area contributed by atoms with Crippen molar-refractivity contribution < 1.29 is 14.5 Å². The van der Waals surface area contributed by atoms with Gasteiger partial charge in [0.2, 0.25) is 11.8 Å². The average molecular weight is 426 g/mol. The number of aryl methyl sites for hydroxylation is 1. The predicted octanol–water partition coefficient (Wildman–Crippen LogP) is 4.34. The van der Waals surface area contributed by atoms with Gasteiger partial charge in [0, 0.05) is 35.5 Å². The van der Waals surface area contributed by atoms with E-state index in [1.807, 2.05) is 36.4 Å². The number of nitrogens with one attached hydrogen (secondary N) is 2.